The number of anilines is 1. The molecule has 0 aliphatic rings. The maximum Gasteiger partial charge on any atom is 0.306 e. The summed E-state index contributed by atoms with van der Waals surface area (Å²) in [6.07, 6.45) is 0.843. The smallest absolute Gasteiger partial charge is 0.306 e. The lowest BCUT2D eigenvalue weighted by atomic mass is 10.3. The molecule has 3 aromatic heterocycles. The van der Waals surface area contributed by atoms with Gasteiger partial charge in [0.05, 0.1) is 12.1 Å². The molecule has 3 rings (SSSR count). The number of nitrogens with one attached hydrogen (secondary N) is 1. The third-order valence-electron chi connectivity index (χ3n) is 3.78. The van der Waals surface area contributed by atoms with Gasteiger partial charge in [0.2, 0.25) is 0 Å². The zero-order valence-electron chi connectivity index (χ0n) is 15.9. The summed E-state index contributed by atoms with van der Waals surface area (Å²) in [6, 6.07) is 7.46. The highest BCUT2D eigenvalue weighted by Crippen LogP contribution is 2.15. The fraction of sp³-hybridized carbons (Fsp3) is 0.316. The van der Waals surface area contributed by atoms with E-state index in [0.29, 0.717) is 23.9 Å². The number of aromatic nitrogens is 4. The van der Waals surface area contributed by atoms with Crippen molar-refractivity contribution in [2.24, 2.45) is 0 Å². The zero-order valence-corrected chi connectivity index (χ0v) is 16.7. The Kier molecular flexibility index (Phi) is 6.15. The van der Waals surface area contributed by atoms with E-state index in [4.69, 9.17) is 4.74 Å². The summed E-state index contributed by atoms with van der Waals surface area (Å²) < 4.78 is 6.52. The molecule has 0 saturated heterocycles. The van der Waals surface area contributed by atoms with Crippen LogP contribution in [0, 0.1) is 20.8 Å². The second kappa shape index (κ2) is 8.75. The van der Waals surface area contributed by atoms with Crippen molar-refractivity contribution in [2.45, 2.75) is 33.6 Å². The van der Waals surface area contributed by atoms with E-state index in [9.17, 15) is 9.59 Å². The lowest BCUT2D eigenvalue weighted by Gasteiger charge is -2.09. The van der Waals surface area contributed by atoms with Crippen LogP contribution in [0.3, 0.4) is 0 Å². The van der Waals surface area contributed by atoms with Crippen LogP contribution in [-0.4, -0.2) is 38.2 Å². The molecule has 1 N–H and O–H groups in total. The average molecular weight is 399 g/mol. The van der Waals surface area contributed by atoms with Crippen molar-refractivity contribution in [1.82, 2.24) is 19.7 Å². The van der Waals surface area contributed by atoms with Crippen molar-refractivity contribution in [1.29, 1.82) is 0 Å². The highest BCUT2D eigenvalue weighted by atomic mass is 32.1. The van der Waals surface area contributed by atoms with E-state index >= 15 is 0 Å². The molecule has 0 aliphatic carbocycles. The molecule has 28 heavy (non-hydrogen) atoms. The van der Waals surface area contributed by atoms with Crippen LogP contribution in [0.15, 0.2) is 29.6 Å². The number of hydrogen-bond acceptors (Lipinski definition) is 7. The van der Waals surface area contributed by atoms with Gasteiger partial charge in [-0.1, -0.05) is 6.07 Å². The highest BCUT2D eigenvalue weighted by molar-refractivity contribution is 7.09. The summed E-state index contributed by atoms with van der Waals surface area (Å²) in [6.45, 7) is 5.17. The van der Waals surface area contributed by atoms with Gasteiger partial charge in [-0.05, 0) is 44.7 Å². The molecule has 0 spiro atoms. The largest absolute Gasteiger partial charge is 0.456 e. The van der Waals surface area contributed by atoms with E-state index < -0.39 is 11.9 Å². The first kappa shape index (κ1) is 19.7. The Labute approximate surface area is 166 Å². The molecule has 0 atom stereocenters. The maximum atomic E-state index is 12.2. The Balaban J connectivity index is 1.59. The highest BCUT2D eigenvalue weighted by Gasteiger charge is 2.15. The Bertz CT molecular complexity index is 961. The van der Waals surface area contributed by atoms with Crippen molar-refractivity contribution >= 4 is 29.0 Å². The first-order valence-electron chi connectivity index (χ1n) is 8.78. The Morgan fingerprint density at radius 1 is 1.14 bits per heavy atom. The van der Waals surface area contributed by atoms with Gasteiger partial charge in [0.1, 0.15) is 5.82 Å². The van der Waals surface area contributed by atoms with Gasteiger partial charge in [-0.2, -0.15) is 9.78 Å². The zero-order chi connectivity index (χ0) is 20.1. The van der Waals surface area contributed by atoms with E-state index in [1.54, 1.807) is 24.3 Å². The van der Waals surface area contributed by atoms with Gasteiger partial charge in [0, 0.05) is 22.3 Å². The lowest BCUT2D eigenvalue weighted by molar-refractivity contribution is -0.147. The van der Waals surface area contributed by atoms with Gasteiger partial charge in [-0.25, -0.2) is 9.97 Å². The topological polar surface area (TPSA) is 99.0 Å². The third kappa shape index (κ3) is 5.23. The normalized spacial score (nSPS) is 10.7. The number of rotatable bonds is 7. The molecular weight excluding hydrogens is 378 g/mol. The molecule has 0 fully saturated rings. The fourth-order valence-corrected chi connectivity index (χ4v) is 3.33. The molecule has 0 unspecified atom stereocenters. The molecule has 0 radical (unpaired) electrons. The van der Waals surface area contributed by atoms with Crippen LogP contribution in [0.4, 0.5) is 5.82 Å². The minimum atomic E-state index is -0.449. The quantitative estimate of drug-likeness (QED) is 0.614. The Morgan fingerprint density at radius 2 is 1.89 bits per heavy atom. The minimum absolute atomic E-state index is 0.237. The Morgan fingerprint density at radius 3 is 2.57 bits per heavy atom. The number of ether oxygens (including phenoxy) is 1. The molecular formula is C19H21N5O3S. The fourth-order valence-electron chi connectivity index (χ4n) is 2.62. The number of carbonyl (C=O) groups is 2. The molecule has 8 nitrogen and oxygen atoms in total. The summed E-state index contributed by atoms with van der Waals surface area (Å²) >= 11 is 1.59. The molecule has 0 saturated carbocycles. The molecule has 146 valence electrons. The molecule has 0 bridgehead atoms. The number of carbonyl (C=O) groups excluding carboxylic acids is 2. The van der Waals surface area contributed by atoms with Crippen LogP contribution in [0.25, 0.3) is 5.95 Å². The van der Waals surface area contributed by atoms with Crippen LogP contribution < -0.4 is 5.32 Å². The standard InChI is InChI=1S/C19H21N5O3S/c1-12-9-13(2)21-19(20-12)24-16(10-14(3)23-24)22-17(25)11-27-18(26)7-6-15-5-4-8-28-15/h4-5,8-10H,6-7,11H2,1-3H3,(H,22,25). The average Bonchev–Trinajstić information content (AvgIpc) is 3.27. The molecule has 9 heteroatoms. The third-order valence-corrected chi connectivity index (χ3v) is 4.71. The number of aryl methyl sites for hydroxylation is 4. The minimum Gasteiger partial charge on any atom is -0.456 e. The summed E-state index contributed by atoms with van der Waals surface area (Å²) in [7, 11) is 0. The molecule has 3 heterocycles. The van der Waals surface area contributed by atoms with Crippen LogP contribution >= 0.6 is 11.3 Å². The second-order valence-corrected chi connectivity index (χ2v) is 7.35. The van der Waals surface area contributed by atoms with E-state index in [1.165, 1.54) is 4.68 Å². The van der Waals surface area contributed by atoms with Crippen LogP contribution in [0.5, 0.6) is 0 Å². The predicted octanol–water partition coefficient (Wildman–Crippen LogP) is 2.76. The lowest BCUT2D eigenvalue weighted by Crippen LogP contribution is -2.23. The van der Waals surface area contributed by atoms with Gasteiger partial charge in [-0.15, -0.1) is 11.3 Å². The van der Waals surface area contributed by atoms with E-state index in [2.05, 4.69) is 20.4 Å². The van der Waals surface area contributed by atoms with E-state index in [1.807, 2.05) is 37.4 Å². The van der Waals surface area contributed by atoms with Crippen LogP contribution in [0.2, 0.25) is 0 Å². The summed E-state index contributed by atoms with van der Waals surface area (Å²) in [5.74, 6) is -0.0724. The SMILES string of the molecule is Cc1cc(C)nc(-n2nc(C)cc2NC(=O)COC(=O)CCc2cccs2)n1. The van der Waals surface area contributed by atoms with Gasteiger partial charge < -0.3 is 10.1 Å². The van der Waals surface area contributed by atoms with Crippen molar-refractivity contribution in [3.63, 3.8) is 0 Å². The van der Waals surface area contributed by atoms with Crippen molar-refractivity contribution in [3.05, 3.63) is 51.6 Å². The predicted molar refractivity (Wildman–Crippen MR) is 106 cm³/mol. The van der Waals surface area contributed by atoms with Crippen molar-refractivity contribution in [2.75, 3.05) is 11.9 Å². The molecule has 3 aromatic rings. The van der Waals surface area contributed by atoms with Crippen LogP contribution in [-0.2, 0) is 20.7 Å². The van der Waals surface area contributed by atoms with Gasteiger partial charge >= 0.3 is 5.97 Å². The second-order valence-electron chi connectivity index (χ2n) is 6.32. The van der Waals surface area contributed by atoms with E-state index in [-0.39, 0.29) is 13.0 Å². The van der Waals surface area contributed by atoms with E-state index in [0.717, 1.165) is 16.3 Å². The summed E-state index contributed by atoms with van der Waals surface area (Å²) in [4.78, 5) is 33.9. The number of thiophene rings is 1. The molecule has 1 amide bonds. The monoisotopic (exact) mass is 399 g/mol. The first-order chi connectivity index (χ1) is 13.4. The first-order valence-corrected chi connectivity index (χ1v) is 9.66. The van der Waals surface area contributed by atoms with Crippen LogP contribution in [0.1, 0.15) is 28.4 Å². The maximum absolute atomic E-state index is 12.2. The van der Waals surface area contributed by atoms with Gasteiger partial charge in [0.15, 0.2) is 6.61 Å². The van der Waals surface area contributed by atoms with Crippen molar-refractivity contribution < 1.29 is 14.3 Å². The summed E-state index contributed by atoms with van der Waals surface area (Å²) in [5, 5.41) is 9.00. The molecule has 0 aromatic carbocycles. The Hall–Kier alpha value is -3.07. The number of amides is 1. The van der Waals surface area contributed by atoms with Crippen molar-refractivity contribution in [3.8, 4) is 5.95 Å². The number of esters is 1. The van der Waals surface area contributed by atoms with Gasteiger partial charge in [0.25, 0.3) is 11.9 Å². The molecule has 0 aliphatic heterocycles. The number of nitrogens with zero attached hydrogens (tertiary/aromatic N) is 4. The van der Waals surface area contributed by atoms with Gasteiger partial charge in [-0.3, -0.25) is 9.59 Å². The number of hydrogen-bond donors (Lipinski definition) is 1. The summed E-state index contributed by atoms with van der Waals surface area (Å²) in [5.41, 5.74) is 2.30.